The van der Waals surface area contributed by atoms with Crippen molar-refractivity contribution in [3.63, 3.8) is 0 Å². The summed E-state index contributed by atoms with van der Waals surface area (Å²) in [7, 11) is 0. The topological polar surface area (TPSA) is 39.3 Å². The van der Waals surface area contributed by atoms with E-state index in [-0.39, 0.29) is 5.91 Å². The van der Waals surface area contributed by atoms with Crippen LogP contribution in [0.1, 0.15) is 11.1 Å². The number of piperazine rings is 1. The molecule has 0 radical (unpaired) electrons. The van der Waals surface area contributed by atoms with E-state index in [0.717, 1.165) is 58.9 Å². The molecule has 0 aliphatic carbocycles. The van der Waals surface area contributed by atoms with E-state index in [1.807, 2.05) is 48.4 Å². The summed E-state index contributed by atoms with van der Waals surface area (Å²) in [5.41, 5.74) is 4.36. The van der Waals surface area contributed by atoms with Crippen LogP contribution in [-0.2, 0) is 11.2 Å². The SMILES string of the molecule is Cc1ccc(N2CCN(C(=O)Cc3c[nH]c4ccccc34)CC2)cc1Cl. The second-order valence-electron chi connectivity index (χ2n) is 6.84. The van der Waals surface area contributed by atoms with Gasteiger partial charge in [0, 0.05) is 54.0 Å². The number of amides is 1. The lowest BCUT2D eigenvalue weighted by Gasteiger charge is -2.36. The number of aromatic nitrogens is 1. The number of hydrogen-bond donors (Lipinski definition) is 1. The zero-order valence-electron chi connectivity index (χ0n) is 14.8. The monoisotopic (exact) mass is 367 g/mol. The Morgan fingerprint density at radius 2 is 1.88 bits per heavy atom. The molecule has 4 rings (SSSR count). The van der Waals surface area contributed by atoms with Crippen molar-refractivity contribution in [1.29, 1.82) is 0 Å². The van der Waals surface area contributed by atoms with Crippen LogP contribution >= 0.6 is 11.6 Å². The quantitative estimate of drug-likeness (QED) is 0.759. The van der Waals surface area contributed by atoms with Crippen molar-refractivity contribution in [2.45, 2.75) is 13.3 Å². The number of hydrogen-bond acceptors (Lipinski definition) is 2. The lowest BCUT2D eigenvalue weighted by atomic mass is 10.1. The van der Waals surface area contributed by atoms with Gasteiger partial charge in [0.05, 0.1) is 6.42 Å². The molecule has 5 heteroatoms. The van der Waals surface area contributed by atoms with E-state index in [1.165, 1.54) is 0 Å². The van der Waals surface area contributed by atoms with E-state index in [0.29, 0.717) is 6.42 Å². The second kappa shape index (κ2) is 7.04. The minimum absolute atomic E-state index is 0.191. The first kappa shape index (κ1) is 17.0. The molecule has 2 heterocycles. The van der Waals surface area contributed by atoms with Crippen molar-refractivity contribution in [3.8, 4) is 0 Å². The number of nitrogens with zero attached hydrogens (tertiary/aromatic N) is 2. The molecular formula is C21H22ClN3O. The molecule has 1 amide bonds. The number of rotatable bonds is 3. The van der Waals surface area contributed by atoms with Gasteiger partial charge in [-0.3, -0.25) is 4.79 Å². The lowest BCUT2D eigenvalue weighted by Crippen LogP contribution is -2.49. The van der Waals surface area contributed by atoms with E-state index < -0.39 is 0 Å². The maximum Gasteiger partial charge on any atom is 0.227 e. The van der Waals surface area contributed by atoms with Gasteiger partial charge in [-0.1, -0.05) is 35.9 Å². The van der Waals surface area contributed by atoms with Gasteiger partial charge in [-0.25, -0.2) is 0 Å². The predicted octanol–water partition coefficient (Wildman–Crippen LogP) is 4.02. The highest BCUT2D eigenvalue weighted by atomic mass is 35.5. The van der Waals surface area contributed by atoms with Gasteiger partial charge in [-0.05, 0) is 36.2 Å². The Balaban J connectivity index is 1.39. The summed E-state index contributed by atoms with van der Waals surface area (Å²) in [5.74, 6) is 0.191. The minimum Gasteiger partial charge on any atom is -0.368 e. The molecule has 0 unspecified atom stereocenters. The van der Waals surface area contributed by atoms with Crippen LogP contribution in [0.4, 0.5) is 5.69 Å². The van der Waals surface area contributed by atoms with Gasteiger partial charge in [-0.15, -0.1) is 0 Å². The van der Waals surface area contributed by atoms with Crippen molar-refractivity contribution >= 4 is 34.1 Å². The van der Waals surface area contributed by atoms with Crippen LogP contribution in [0.3, 0.4) is 0 Å². The fraction of sp³-hybridized carbons (Fsp3) is 0.286. The third-order valence-electron chi connectivity index (χ3n) is 5.17. The fourth-order valence-electron chi connectivity index (χ4n) is 3.55. The number of carbonyl (C=O) groups is 1. The number of anilines is 1. The van der Waals surface area contributed by atoms with E-state index in [4.69, 9.17) is 11.6 Å². The van der Waals surface area contributed by atoms with Crippen molar-refractivity contribution in [2.75, 3.05) is 31.1 Å². The smallest absolute Gasteiger partial charge is 0.227 e. The van der Waals surface area contributed by atoms with Crippen molar-refractivity contribution < 1.29 is 4.79 Å². The average molecular weight is 368 g/mol. The molecule has 26 heavy (non-hydrogen) atoms. The molecule has 1 fully saturated rings. The highest BCUT2D eigenvalue weighted by Gasteiger charge is 2.22. The molecule has 4 nitrogen and oxygen atoms in total. The van der Waals surface area contributed by atoms with Gasteiger partial charge >= 0.3 is 0 Å². The summed E-state index contributed by atoms with van der Waals surface area (Å²) in [6.45, 7) is 5.16. The summed E-state index contributed by atoms with van der Waals surface area (Å²) in [6.07, 6.45) is 2.40. The zero-order valence-corrected chi connectivity index (χ0v) is 15.6. The molecule has 1 aliphatic rings. The third-order valence-corrected chi connectivity index (χ3v) is 5.58. The first-order valence-corrected chi connectivity index (χ1v) is 9.33. The lowest BCUT2D eigenvalue weighted by molar-refractivity contribution is -0.130. The van der Waals surface area contributed by atoms with Crippen LogP contribution in [-0.4, -0.2) is 42.0 Å². The Hall–Kier alpha value is -2.46. The Labute approximate surface area is 158 Å². The van der Waals surface area contributed by atoms with Crippen LogP contribution in [0, 0.1) is 6.92 Å². The number of aryl methyl sites for hydroxylation is 1. The molecule has 0 bridgehead atoms. The number of nitrogens with one attached hydrogen (secondary N) is 1. The summed E-state index contributed by atoms with van der Waals surface area (Å²) in [6, 6.07) is 14.3. The maximum absolute atomic E-state index is 12.7. The van der Waals surface area contributed by atoms with Crippen molar-refractivity contribution in [3.05, 3.63) is 64.8 Å². The average Bonchev–Trinajstić information content (AvgIpc) is 3.07. The van der Waals surface area contributed by atoms with Crippen molar-refractivity contribution in [2.24, 2.45) is 0 Å². The van der Waals surface area contributed by atoms with Gasteiger partial charge in [-0.2, -0.15) is 0 Å². The maximum atomic E-state index is 12.7. The number of H-pyrrole nitrogens is 1. The van der Waals surface area contributed by atoms with E-state index in [9.17, 15) is 4.79 Å². The highest BCUT2D eigenvalue weighted by molar-refractivity contribution is 6.31. The highest BCUT2D eigenvalue weighted by Crippen LogP contribution is 2.24. The largest absolute Gasteiger partial charge is 0.368 e. The minimum atomic E-state index is 0.191. The van der Waals surface area contributed by atoms with Gasteiger partial charge in [0.1, 0.15) is 0 Å². The fourth-order valence-corrected chi connectivity index (χ4v) is 3.72. The molecule has 134 valence electrons. The van der Waals surface area contributed by atoms with E-state index >= 15 is 0 Å². The van der Waals surface area contributed by atoms with Gasteiger partial charge in [0.15, 0.2) is 0 Å². The first-order chi connectivity index (χ1) is 12.6. The normalized spacial score (nSPS) is 14.8. The summed E-state index contributed by atoms with van der Waals surface area (Å²) < 4.78 is 0. The zero-order chi connectivity index (χ0) is 18.1. The molecule has 1 aromatic heterocycles. The number of para-hydroxylation sites is 1. The van der Waals surface area contributed by atoms with E-state index in [1.54, 1.807) is 0 Å². The summed E-state index contributed by atoms with van der Waals surface area (Å²) in [4.78, 5) is 20.2. The van der Waals surface area contributed by atoms with Crippen LogP contribution in [0.5, 0.6) is 0 Å². The molecule has 1 aliphatic heterocycles. The molecule has 3 aromatic rings. The number of carbonyl (C=O) groups excluding carboxylic acids is 1. The number of benzene rings is 2. The summed E-state index contributed by atoms with van der Waals surface area (Å²) >= 11 is 6.25. The molecule has 0 saturated carbocycles. The Bertz CT molecular complexity index is 941. The van der Waals surface area contributed by atoms with Crippen LogP contribution in [0.2, 0.25) is 5.02 Å². The van der Waals surface area contributed by atoms with Gasteiger partial charge in [0.2, 0.25) is 5.91 Å². The predicted molar refractivity (Wildman–Crippen MR) is 107 cm³/mol. The standard InChI is InChI=1S/C21H22ClN3O/c1-15-6-7-17(13-19(15)22)24-8-10-25(11-9-24)21(26)12-16-14-23-20-5-3-2-4-18(16)20/h2-7,13-14,23H,8-12H2,1H3. The third kappa shape index (κ3) is 3.29. The molecule has 0 atom stereocenters. The molecule has 1 N–H and O–H groups in total. The molecule has 1 saturated heterocycles. The second-order valence-corrected chi connectivity index (χ2v) is 7.24. The number of halogens is 1. The Morgan fingerprint density at radius 3 is 2.65 bits per heavy atom. The molecule has 2 aromatic carbocycles. The van der Waals surface area contributed by atoms with Gasteiger partial charge < -0.3 is 14.8 Å². The number of fused-ring (bicyclic) bond motifs is 1. The molecule has 0 spiro atoms. The van der Waals surface area contributed by atoms with Crippen LogP contribution in [0.25, 0.3) is 10.9 Å². The van der Waals surface area contributed by atoms with Gasteiger partial charge in [0.25, 0.3) is 0 Å². The Kier molecular flexibility index (Phi) is 4.60. The summed E-state index contributed by atoms with van der Waals surface area (Å²) in [5, 5.41) is 1.93. The van der Waals surface area contributed by atoms with Crippen LogP contribution < -0.4 is 4.90 Å². The van der Waals surface area contributed by atoms with E-state index in [2.05, 4.69) is 22.0 Å². The van der Waals surface area contributed by atoms with Crippen molar-refractivity contribution in [1.82, 2.24) is 9.88 Å². The molecular weight excluding hydrogens is 346 g/mol. The number of aromatic amines is 1. The Morgan fingerprint density at radius 1 is 1.12 bits per heavy atom. The van der Waals surface area contributed by atoms with Crippen LogP contribution in [0.15, 0.2) is 48.7 Å². The first-order valence-electron chi connectivity index (χ1n) is 8.96.